The Balaban J connectivity index is 1.29. The number of carbonyl (C=O) groups excluding carboxylic acids is 2. The number of para-hydroxylation sites is 1. The second-order valence-corrected chi connectivity index (χ2v) is 11.6. The van der Waals surface area contributed by atoms with Gasteiger partial charge >= 0.3 is 0 Å². The molecule has 1 atom stereocenters. The highest BCUT2D eigenvalue weighted by Crippen LogP contribution is 2.27. The van der Waals surface area contributed by atoms with Gasteiger partial charge in [0.15, 0.2) is 0 Å². The summed E-state index contributed by atoms with van der Waals surface area (Å²) < 4.78 is 0. The molecule has 7 nitrogen and oxygen atoms in total. The van der Waals surface area contributed by atoms with E-state index in [-0.39, 0.29) is 17.9 Å². The third-order valence-corrected chi connectivity index (χ3v) is 8.02. The summed E-state index contributed by atoms with van der Waals surface area (Å²) in [7, 11) is 0. The number of pyridine rings is 1. The minimum Gasteiger partial charge on any atom is -0.364 e. The summed E-state index contributed by atoms with van der Waals surface area (Å²) in [5, 5.41) is 6.05. The molecule has 1 aliphatic heterocycles. The van der Waals surface area contributed by atoms with E-state index >= 15 is 0 Å². The molecule has 2 aromatic carbocycles. The van der Waals surface area contributed by atoms with E-state index in [0.29, 0.717) is 29.8 Å². The highest BCUT2D eigenvalue weighted by Gasteiger charge is 2.27. The molecule has 41 heavy (non-hydrogen) atoms. The molecule has 1 aromatic heterocycles. The van der Waals surface area contributed by atoms with Gasteiger partial charge in [-0.25, -0.2) is 0 Å². The van der Waals surface area contributed by atoms with E-state index in [1.165, 1.54) is 11.3 Å². The summed E-state index contributed by atoms with van der Waals surface area (Å²) in [4.78, 5) is 34.9. The van der Waals surface area contributed by atoms with Crippen molar-refractivity contribution >= 4 is 17.5 Å². The van der Waals surface area contributed by atoms with Crippen LogP contribution < -0.4 is 15.5 Å². The average molecular weight is 556 g/mol. The van der Waals surface area contributed by atoms with Gasteiger partial charge in [0.05, 0.1) is 0 Å². The molecular formula is C34H45N5O2. The van der Waals surface area contributed by atoms with Crippen LogP contribution in [-0.4, -0.2) is 59.5 Å². The zero-order valence-electron chi connectivity index (χ0n) is 25.2. The highest BCUT2D eigenvalue weighted by molar-refractivity contribution is 6.00. The maximum Gasteiger partial charge on any atom is 0.251 e. The Kier molecular flexibility index (Phi) is 10.5. The minimum absolute atomic E-state index is 0.0634. The van der Waals surface area contributed by atoms with Gasteiger partial charge in [0.2, 0.25) is 0 Å². The smallest absolute Gasteiger partial charge is 0.251 e. The molecule has 1 aliphatic rings. The zero-order chi connectivity index (χ0) is 29.4. The van der Waals surface area contributed by atoms with Gasteiger partial charge in [0.1, 0.15) is 0 Å². The van der Waals surface area contributed by atoms with Crippen LogP contribution in [0.5, 0.6) is 0 Å². The van der Waals surface area contributed by atoms with E-state index in [9.17, 15) is 9.59 Å². The number of anilines is 1. The number of nitrogens with one attached hydrogen (secondary N) is 2. The number of piperidine rings is 1. The van der Waals surface area contributed by atoms with Crippen molar-refractivity contribution in [3.63, 3.8) is 0 Å². The maximum atomic E-state index is 13.1. The summed E-state index contributed by atoms with van der Waals surface area (Å²) in [5.74, 6) is -0.185. The van der Waals surface area contributed by atoms with Crippen molar-refractivity contribution in [1.29, 1.82) is 0 Å². The quantitative estimate of drug-likeness (QED) is 0.326. The van der Waals surface area contributed by atoms with Crippen LogP contribution in [0.15, 0.2) is 67.0 Å². The number of aryl methyl sites for hydroxylation is 2. The first-order valence-corrected chi connectivity index (χ1v) is 14.9. The summed E-state index contributed by atoms with van der Waals surface area (Å²) in [6, 6.07) is 19.4. The van der Waals surface area contributed by atoms with E-state index in [2.05, 4.69) is 68.7 Å². The van der Waals surface area contributed by atoms with Gasteiger partial charge in [-0.3, -0.25) is 14.6 Å². The topological polar surface area (TPSA) is 77.6 Å². The fourth-order valence-corrected chi connectivity index (χ4v) is 5.84. The molecule has 0 aliphatic carbocycles. The number of amides is 2. The van der Waals surface area contributed by atoms with Gasteiger partial charge in [0, 0.05) is 73.5 Å². The van der Waals surface area contributed by atoms with Crippen LogP contribution in [0.1, 0.15) is 77.4 Å². The molecule has 2 heterocycles. The van der Waals surface area contributed by atoms with E-state index in [4.69, 9.17) is 0 Å². The molecule has 0 bridgehead atoms. The predicted molar refractivity (Wildman–Crippen MR) is 166 cm³/mol. The second kappa shape index (κ2) is 14.3. The molecule has 3 aromatic rings. The fraction of sp³-hybridized carbons (Fsp3) is 0.441. The van der Waals surface area contributed by atoms with Crippen molar-refractivity contribution in [2.24, 2.45) is 0 Å². The normalized spacial score (nSPS) is 15.0. The molecular weight excluding hydrogens is 510 g/mol. The predicted octanol–water partition coefficient (Wildman–Crippen LogP) is 5.52. The van der Waals surface area contributed by atoms with Crippen molar-refractivity contribution in [3.05, 3.63) is 94.8 Å². The number of carbonyl (C=O) groups is 2. The standard InChI is InChI=1S/C34H45N5O2/c1-24(2)37-33(40)29-20-25(3)32(26(4)21-29)34(41)36-17-13-27(5)38-18-14-31(15-19-38)39(30-11-7-6-8-12-30)23-28-10-9-16-35-22-28/h6-12,16,20-22,24,27,31H,13-15,17-19,23H2,1-5H3,(H,36,41)(H,37,40). The Labute approximate surface area is 245 Å². The lowest BCUT2D eigenvalue weighted by atomic mass is 9.98. The SMILES string of the molecule is Cc1cc(C(=O)NC(C)C)cc(C)c1C(=O)NCCC(C)N1CCC(N(Cc2cccnc2)c2ccccc2)CC1. The van der Waals surface area contributed by atoms with Crippen molar-refractivity contribution in [1.82, 2.24) is 20.5 Å². The summed E-state index contributed by atoms with van der Waals surface area (Å²) in [6.07, 6.45) is 6.87. The lowest BCUT2D eigenvalue weighted by molar-refractivity contribution is 0.0930. The molecule has 1 unspecified atom stereocenters. The summed E-state index contributed by atoms with van der Waals surface area (Å²) in [5.41, 5.74) is 5.37. The van der Waals surface area contributed by atoms with Crippen molar-refractivity contribution in [3.8, 4) is 0 Å². The molecule has 1 saturated heterocycles. The van der Waals surface area contributed by atoms with Gasteiger partial charge in [0.25, 0.3) is 11.8 Å². The lowest BCUT2D eigenvalue weighted by Crippen LogP contribution is -2.48. The van der Waals surface area contributed by atoms with E-state index in [0.717, 1.165) is 50.0 Å². The maximum absolute atomic E-state index is 13.1. The van der Waals surface area contributed by atoms with Crippen molar-refractivity contribution in [2.75, 3.05) is 24.5 Å². The largest absolute Gasteiger partial charge is 0.364 e. The lowest BCUT2D eigenvalue weighted by Gasteiger charge is -2.42. The number of likely N-dealkylation sites (tertiary alicyclic amines) is 1. The molecule has 0 spiro atoms. The molecule has 1 fully saturated rings. The first kappa shape index (κ1) is 30.3. The van der Waals surface area contributed by atoms with Crippen molar-refractivity contribution < 1.29 is 9.59 Å². The Morgan fingerprint density at radius 1 is 0.976 bits per heavy atom. The number of benzene rings is 2. The van der Waals surface area contributed by atoms with Crippen LogP contribution in [0, 0.1) is 13.8 Å². The van der Waals surface area contributed by atoms with Crippen LogP contribution in [0.25, 0.3) is 0 Å². The highest BCUT2D eigenvalue weighted by atomic mass is 16.2. The monoisotopic (exact) mass is 555 g/mol. The average Bonchev–Trinajstić information content (AvgIpc) is 2.96. The van der Waals surface area contributed by atoms with Crippen LogP contribution >= 0.6 is 0 Å². The third-order valence-electron chi connectivity index (χ3n) is 8.02. The van der Waals surface area contributed by atoms with Gasteiger partial charge in [-0.05, 0) is 101 Å². The van der Waals surface area contributed by atoms with Gasteiger partial charge in [-0.1, -0.05) is 24.3 Å². The second-order valence-electron chi connectivity index (χ2n) is 11.6. The van der Waals surface area contributed by atoms with E-state index in [1.54, 1.807) is 12.1 Å². The fourth-order valence-electron chi connectivity index (χ4n) is 5.84. The first-order chi connectivity index (χ1) is 19.7. The Morgan fingerprint density at radius 3 is 2.27 bits per heavy atom. The Hall–Kier alpha value is -3.71. The first-order valence-electron chi connectivity index (χ1n) is 14.9. The van der Waals surface area contributed by atoms with Crippen LogP contribution in [-0.2, 0) is 6.54 Å². The van der Waals surface area contributed by atoms with Crippen LogP contribution in [0.4, 0.5) is 5.69 Å². The number of hydrogen-bond acceptors (Lipinski definition) is 5. The number of hydrogen-bond donors (Lipinski definition) is 2. The minimum atomic E-state index is -0.111. The molecule has 2 amide bonds. The molecule has 0 radical (unpaired) electrons. The summed E-state index contributed by atoms with van der Waals surface area (Å²) >= 11 is 0. The number of rotatable bonds is 11. The molecule has 4 rings (SSSR count). The van der Waals surface area contributed by atoms with E-state index in [1.807, 2.05) is 46.2 Å². The van der Waals surface area contributed by atoms with Gasteiger partial charge in [-0.2, -0.15) is 0 Å². The number of aromatic nitrogens is 1. The zero-order valence-corrected chi connectivity index (χ0v) is 25.2. The number of nitrogens with zero attached hydrogens (tertiary/aromatic N) is 3. The van der Waals surface area contributed by atoms with Gasteiger partial charge < -0.3 is 20.4 Å². The molecule has 2 N–H and O–H groups in total. The van der Waals surface area contributed by atoms with Crippen LogP contribution in [0.2, 0.25) is 0 Å². The van der Waals surface area contributed by atoms with Gasteiger partial charge in [-0.15, -0.1) is 0 Å². The Morgan fingerprint density at radius 2 is 1.66 bits per heavy atom. The molecule has 0 saturated carbocycles. The van der Waals surface area contributed by atoms with Crippen LogP contribution in [0.3, 0.4) is 0 Å². The molecule has 218 valence electrons. The Bertz CT molecular complexity index is 1260. The van der Waals surface area contributed by atoms with E-state index < -0.39 is 0 Å². The summed E-state index contributed by atoms with van der Waals surface area (Å²) in [6.45, 7) is 13.5. The van der Waals surface area contributed by atoms with Crippen molar-refractivity contribution in [2.45, 2.75) is 78.6 Å². The molecule has 7 heteroatoms. The third kappa shape index (κ3) is 8.17.